The van der Waals surface area contributed by atoms with Crippen LogP contribution in [0.2, 0.25) is 0 Å². The van der Waals surface area contributed by atoms with Crippen LogP contribution in [0.3, 0.4) is 0 Å². The van der Waals surface area contributed by atoms with Gasteiger partial charge in [0.15, 0.2) is 0 Å². The standard InChI is InChI=1S/C7H16Br2N/c1-6(8)7(9)5-10(2,3)4/h6-7H,5H2,1-4H3/q+1/t6-,7-/m1/s1. The minimum absolute atomic E-state index is 0.546. The molecule has 0 spiro atoms. The number of hydrogen-bond acceptors (Lipinski definition) is 0. The number of hydrogen-bond donors (Lipinski definition) is 0. The van der Waals surface area contributed by atoms with Crippen LogP contribution in [0.1, 0.15) is 6.92 Å². The smallest absolute Gasteiger partial charge is 0.0918 e. The second-order valence-corrected chi connectivity index (χ2v) is 6.29. The van der Waals surface area contributed by atoms with Crippen molar-refractivity contribution in [1.82, 2.24) is 0 Å². The second kappa shape index (κ2) is 4.07. The zero-order chi connectivity index (χ0) is 8.36. The molecule has 0 saturated heterocycles. The highest BCUT2D eigenvalue weighted by atomic mass is 79.9. The highest BCUT2D eigenvalue weighted by molar-refractivity contribution is 9.12. The number of quaternary nitrogens is 1. The van der Waals surface area contributed by atoms with Crippen LogP contribution in [0.5, 0.6) is 0 Å². The Balaban J connectivity index is 3.68. The summed E-state index contributed by atoms with van der Waals surface area (Å²) < 4.78 is 1.01. The van der Waals surface area contributed by atoms with Gasteiger partial charge < -0.3 is 4.48 Å². The maximum absolute atomic E-state index is 3.62. The molecule has 1 nitrogen and oxygen atoms in total. The summed E-state index contributed by atoms with van der Waals surface area (Å²) in [5, 5.41) is 0. The van der Waals surface area contributed by atoms with Gasteiger partial charge in [0.05, 0.1) is 32.5 Å². The third-order valence-corrected chi connectivity index (χ3v) is 3.65. The Labute approximate surface area is 80.6 Å². The first-order chi connectivity index (χ1) is 4.33. The predicted molar refractivity (Wildman–Crippen MR) is 54.0 cm³/mol. The molecule has 0 aromatic heterocycles. The molecule has 0 aliphatic carbocycles. The van der Waals surface area contributed by atoms with Gasteiger partial charge in [-0.2, -0.15) is 0 Å². The number of alkyl halides is 2. The molecule has 0 fully saturated rings. The molecule has 0 saturated carbocycles. The molecule has 3 heteroatoms. The molecule has 0 unspecified atom stereocenters. The van der Waals surface area contributed by atoms with Crippen molar-refractivity contribution in [3.8, 4) is 0 Å². The first kappa shape index (κ1) is 10.9. The quantitative estimate of drug-likeness (QED) is 0.547. The van der Waals surface area contributed by atoms with E-state index in [2.05, 4.69) is 59.9 Å². The molecule has 2 atom stereocenters. The Morgan fingerprint density at radius 3 is 1.70 bits per heavy atom. The normalized spacial score (nSPS) is 18.6. The van der Waals surface area contributed by atoms with Crippen molar-refractivity contribution < 1.29 is 4.48 Å². The summed E-state index contributed by atoms with van der Waals surface area (Å²) in [5.74, 6) is 0. The first-order valence-electron chi connectivity index (χ1n) is 3.41. The van der Waals surface area contributed by atoms with E-state index in [0.717, 1.165) is 11.0 Å². The summed E-state index contributed by atoms with van der Waals surface area (Å²) in [6.45, 7) is 3.31. The SMILES string of the molecule is C[C@@H](Br)[C@H](Br)C[N+](C)(C)C. The number of halogens is 2. The van der Waals surface area contributed by atoms with Gasteiger partial charge >= 0.3 is 0 Å². The summed E-state index contributed by atoms with van der Waals surface area (Å²) in [5.41, 5.74) is 0. The summed E-state index contributed by atoms with van der Waals surface area (Å²) in [6.07, 6.45) is 0. The molecule has 0 aliphatic rings. The van der Waals surface area contributed by atoms with Crippen molar-refractivity contribution >= 4 is 31.9 Å². The molecule has 0 aliphatic heterocycles. The zero-order valence-electron chi connectivity index (χ0n) is 7.06. The van der Waals surface area contributed by atoms with Crippen LogP contribution < -0.4 is 0 Å². The fourth-order valence-corrected chi connectivity index (χ4v) is 1.70. The van der Waals surface area contributed by atoms with E-state index in [-0.39, 0.29) is 0 Å². The summed E-state index contributed by atoms with van der Waals surface area (Å²) in [7, 11) is 6.59. The molecule has 0 bridgehead atoms. The highest BCUT2D eigenvalue weighted by Crippen LogP contribution is 2.15. The van der Waals surface area contributed by atoms with Gasteiger partial charge in [-0.05, 0) is 0 Å². The molecule has 0 radical (unpaired) electrons. The topological polar surface area (TPSA) is 0 Å². The maximum Gasteiger partial charge on any atom is 0.0918 e. The molecular formula is C7H16Br2N+. The van der Waals surface area contributed by atoms with E-state index in [9.17, 15) is 0 Å². The monoisotopic (exact) mass is 272 g/mol. The maximum atomic E-state index is 3.62. The lowest BCUT2D eigenvalue weighted by molar-refractivity contribution is -0.869. The van der Waals surface area contributed by atoms with E-state index in [4.69, 9.17) is 0 Å². The van der Waals surface area contributed by atoms with Gasteiger partial charge in [0.25, 0.3) is 0 Å². The van der Waals surface area contributed by atoms with Crippen LogP contribution >= 0.6 is 31.9 Å². The lowest BCUT2D eigenvalue weighted by Gasteiger charge is -2.27. The highest BCUT2D eigenvalue weighted by Gasteiger charge is 2.18. The van der Waals surface area contributed by atoms with Gasteiger partial charge in [-0.3, -0.25) is 0 Å². The van der Waals surface area contributed by atoms with Gasteiger partial charge in [0.2, 0.25) is 0 Å². The van der Waals surface area contributed by atoms with Gasteiger partial charge in [-0.15, -0.1) is 0 Å². The number of rotatable bonds is 3. The molecule has 0 amide bonds. The molecular weight excluding hydrogens is 258 g/mol. The second-order valence-electron chi connectivity index (χ2n) is 3.67. The van der Waals surface area contributed by atoms with Crippen LogP contribution in [-0.4, -0.2) is 41.8 Å². The molecule has 10 heavy (non-hydrogen) atoms. The molecule has 0 aromatic rings. The third kappa shape index (κ3) is 5.69. The molecule has 0 rings (SSSR count). The lowest BCUT2D eigenvalue weighted by atomic mass is 10.3. The summed E-state index contributed by atoms with van der Waals surface area (Å²) in [6, 6.07) is 0. The number of nitrogens with zero attached hydrogens (tertiary/aromatic N) is 1. The van der Waals surface area contributed by atoms with Crippen LogP contribution in [0.15, 0.2) is 0 Å². The largest absolute Gasteiger partial charge is 0.330 e. The Hall–Kier alpha value is 0.920. The average Bonchev–Trinajstić information content (AvgIpc) is 1.60. The van der Waals surface area contributed by atoms with E-state index >= 15 is 0 Å². The van der Waals surface area contributed by atoms with Gasteiger partial charge in [-0.1, -0.05) is 38.8 Å². The summed E-state index contributed by atoms with van der Waals surface area (Å²) >= 11 is 7.15. The van der Waals surface area contributed by atoms with E-state index in [0.29, 0.717) is 9.65 Å². The molecule has 0 heterocycles. The molecule has 0 N–H and O–H groups in total. The minimum Gasteiger partial charge on any atom is -0.330 e. The van der Waals surface area contributed by atoms with Crippen molar-refractivity contribution in [2.45, 2.75) is 16.6 Å². The van der Waals surface area contributed by atoms with Gasteiger partial charge in [0.1, 0.15) is 0 Å². The van der Waals surface area contributed by atoms with E-state index in [1.807, 2.05) is 0 Å². The average molecular weight is 274 g/mol. The summed E-state index contributed by atoms with van der Waals surface area (Å²) in [4.78, 5) is 1.11. The van der Waals surface area contributed by atoms with E-state index in [1.54, 1.807) is 0 Å². The van der Waals surface area contributed by atoms with Crippen LogP contribution in [0.25, 0.3) is 0 Å². The predicted octanol–water partition coefficient (Wildman–Crippen LogP) is 2.24. The van der Waals surface area contributed by atoms with Crippen molar-refractivity contribution in [2.24, 2.45) is 0 Å². The molecule has 62 valence electrons. The van der Waals surface area contributed by atoms with Crippen molar-refractivity contribution in [1.29, 1.82) is 0 Å². The Kier molecular flexibility index (Phi) is 4.45. The van der Waals surface area contributed by atoms with E-state index in [1.165, 1.54) is 0 Å². The van der Waals surface area contributed by atoms with E-state index < -0.39 is 0 Å². The Morgan fingerprint density at radius 2 is 1.60 bits per heavy atom. The zero-order valence-corrected chi connectivity index (χ0v) is 10.2. The van der Waals surface area contributed by atoms with Gasteiger partial charge in [-0.25, -0.2) is 0 Å². The van der Waals surface area contributed by atoms with Crippen LogP contribution in [0, 0.1) is 0 Å². The lowest BCUT2D eigenvalue weighted by Crippen LogP contribution is -2.41. The minimum atomic E-state index is 0.546. The Bertz CT molecular complexity index is 96.3. The van der Waals surface area contributed by atoms with Crippen LogP contribution in [-0.2, 0) is 0 Å². The first-order valence-corrected chi connectivity index (χ1v) is 5.24. The fraction of sp³-hybridized carbons (Fsp3) is 1.00. The van der Waals surface area contributed by atoms with Gasteiger partial charge in [0, 0.05) is 4.83 Å². The van der Waals surface area contributed by atoms with Crippen LogP contribution in [0.4, 0.5) is 0 Å². The fourth-order valence-electron chi connectivity index (χ4n) is 0.668. The van der Waals surface area contributed by atoms with Crippen molar-refractivity contribution in [2.75, 3.05) is 27.7 Å². The van der Waals surface area contributed by atoms with Crippen molar-refractivity contribution in [3.05, 3.63) is 0 Å². The molecule has 0 aromatic carbocycles. The third-order valence-electron chi connectivity index (χ3n) is 1.22. The Morgan fingerprint density at radius 1 is 1.20 bits per heavy atom. The van der Waals surface area contributed by atoms with Crippen molar-refractivity contribution in [3.63, 3.8) is 0 Å².